The van der Waals surface area contributed by atoms with Gasteiger partial charge in [0.15, 0.2) is 11.4 Å². The third kappa shape index (κ3) is 10.2. The van der Waals surface area contributed by atoms with Crippen LogP contribution in [-0.4, -0.2) is 57.1 Å². The molecular weight excluding hydrogens is 759 g/mol. The van der Waals surface area contributed by atoms with Crippen molar-refractivity contribution in [3.8, 4) is 23.0 Å². The van der Waals surface area contributed by atoms with Crippen molar-refractivity contribution >= 4 is 29.2 Å². The van der Waals surface area contributed by atoms with Crippen LogP contribution in [0.15, 0.2) is 77.7 Å². The fourth-order valence-electron chi connectivity index (χ4n) is 7.78. The van der Waals surface area contributed by atoms with Crippen molar-refractivity contribution in [3.05, 3.63) is 101 Å². The number of benzene rings is 2. The van der Waals surface area contributed by atoms with Crippen molar-refractivity contribution in [2.45, 2.75) is 83.1 Å². The number of carbonyl (C=O) groups is 3. The molecule has 0 unspecified atom stereocenters. The maximum Gasteiger partial charge on any atom is 0.284 e. The molecule has 2 aliphatic carbocycles. The van der Waals surface area contributed by atoms with Crippen molar-refractivity contribution in [1.29, 1.82) is 0 Å². The second kappa shape index (κ2) is 18.3. The molecule has 2 saturated carbocycles. The van der Waals surface area contributed by atoms with E-state index in [2.05, 4.69) is 36.3 Å². The quantitative estimate of drug-likeness (QED) is 0.0500. The average Bonchev–Trinajstić information content (AvgIpc) is 3.75. The molecule has 4 N–H and O–H groups in total. The molecule has 59 heavy (non-hydrogen) atoms. The number of unbranched alkanes of at least 4 members (excludes halogenated alkanes) is 2. The van der Waals surface area contributed by atoms with Crippen LogP contribution in [0.3, 0.4) is 0 Å². The molecule has 3 aromatic heterocycles. The van der Waals surface area contributed by atoms with Gasteiger partial charge in [-0.05, 0) is 124 Å². The van der Waals surface area contributed by atoms with Gasteiger partial charge in [0.2, 0.25) is 11.8 Å². The van der Waals surface area contributed by atoms with Gasteiger partial charge in [0, 0.05) is 24.5 Å². The molecule has 4 heterocycles. The maximum absolute atomic E-state index is 14.1. The first kappa shape index (κ1) is 39.8. The fourth-order valence-corrected chi connectivity index (χ4v) is 7.78. The van der Waals surface area contributed by atoms with Gasteiger partial charge >= 0.3 is 0 Å². The van der Waals surface area contributed by atoms with E-state index in [-0.39, 0.29) is 35.6 Å². The summed E-state index contributed by atoms with van der Waals surface area (Å²) in [5, 5.41) is 16.1. The molecule has 3 amide bonds. The van der Waals surface area contributed by atoms with E-state index < -0.39 is 23.9 Å². The summed E-state index contributed by atoms with van der Waals surface area (Å²) in [6.07, 6.45) is 11.8. The number of alkyl halides is 2. The Morgan fingerprint density at radius 2 is 1.76 bits per heavy atom. The molecule has 3 aliphatic rings. The number of amides is 3. The van der Waals surface area contributed by atoms with Gasteiger partial charge in [-0.3, -0.25) is 24.4 Å². The van der Waals surface area contributed by atoms with Gasteiger partial charge in [0.05, 0.1) is 23.7 Å². The number of aromatic nitrogens is 4. The summed E-state index contributed by atoms with van der Waals surface area (Å²) in [6, 6.07) is 16.7. The zero-order valence-corrected chi connectivity index (χ0v) is 32.7. The lowest BCUT2D eigenvalue weighted by Crippen LogP contribution is -2.37. The lowest BCUT2D eigenvalue weighted by atomic mass is 9.86. The Morgan fingerprint density at radius 3 is 2.56 bits per heavy atom. The number of ether oxygens (including phenoxy) is 1. The van der Waals surface area contributed by atoms with Crippen LogP contribution in [0.2, 0.25) is 0 Å². The smallest absolute Gasteiger partial charge is 0.284 e. The number of hydrogen-bond donors (Lipinski definition) is 4. The van der Waals surface area contributed by atoms with Gasteiger partial charge in [0.25, 0.3) is 18.2 Å². The van der Waals surface area contributed by atoms with E-state index in [1.54, 1.807) is 41.2 Å². The van der Waals surface area contributed by atoms with Gasteiger partial charge in [-0.1, -0.05) is 30.7 Å². The summed E-state index contributed by atoms with van der Waals surface area (Å²) in [5.74, 6) is 1.77. The van der Waals surface area contributed by atoms with Crippen molar-refractivity contribution in [2.75, 3.05) is 30.3 Å². The Morgan fingerprint density at radius 1 is 0.966 bits per heavy atom. The van der Waals surface area contributed by atoms with E-state index in [4.69, 9.17) is 9.15 Å². The Bertz CT molecular complexity index is 2260. The predicted molar refractivity (Wildman–Crippen MR) is 217 cm³/mol. The molecule has 308 valence electrons. The zero-order valence-electron chi connectivity index (χ0n) is 32.7. The molecular formula is C44H48F2N8O5. The number of pyridine rings is 1. The van der Waals surface area contributed by atoms with Crippen LogP contribution >= 0.6 is 0 Å². The van der Waals surface area contributed by atoms with Gasteiger partial charge < -0.3 is 25.1 Å². The SMILES string of the molecule is O=C1Cc2cccc(Oc3ccc(CCCCCNCC4CCC(n5cc(NC(=O)c6coc(-c7ccnc(NCC8CC8)c7)n6)c(C(F)F)n5)CC4)cc3)c2C(=O)N1. The van der Waals surface area contributed by atoms with Crippen LogP contribution in [0.4, 0.5) is 20.3 Å². The summed E-state index contributed by atoms with van der Waals surface area (Å²) < 4.78 is 41.3. The Hall–Kier alpha value is -5.96. The third-order valence-corrected chi connectivity index (χ3v) is 11.3. The number of halogens is 2. The minimum atomic E-state index is -2.86. The van der Waals surface area contributed by atoms with Crippen molar-refractivity contribution in [3.63, 3.8) is 0 Å². The van der Waals surface area contributed by atoms with Crippen LogP contribution in [-0.2, 0) is 17.6 Å². The summed E-state index contributed by atoms with van der Waals surface area (Å²) in [5.41, 5.74) is 2.42. The molecule has 0 spiro atoms. The summed E-state index contributed by atoms with van der Waals surface area (Å²) in [7, 11) is 0. The zero-order chi connectivity index (χ0) is 40.7. The fraction of sp³-hybridized carbons (Fsp3) is 0.409. The van der Waals surface area contributed by atoms with Gasteiger partial charge in [-0.15, -0.1) is 0 Å². The van der Waals surface area contributed by atoms with Crippen LogP contribution in [0, 0.1) is 11.8 Å². The summed E-state index contributed by atoms with van der Waals surface area (Å²) >= 11 is 0. The van der Waals surface area contributed by atoms with Crippen molar-refractivity contribution in [2.24, 2.45) is 11.8 Å². The molecule has 2 aromatic carbocycles. The molecule has 0 atom stereocenters. The molecule has 0 saturated heterocycles. The minimum absolute atomic E-state index is 0.0236. The highest BCUT2D eigenvalue weighted by atomic mass is 19.3. The van der Waals surface area contributed by atoms with E-state index in [0.717, 1.165) is 71.0 Å². The van der Waals surface area contributed by atoms with E-state index in [1.807, 2.05) is 24.3 Å². The first-order valence-electron chi connectivity index (χ1n) is 20.5. The number of anilines is 2. The second-order valence-corrected chi connectivity index (χ2v) is 15.7. The van der Waals surface area contributed by atoms with Gasteiger partial charge in [-0.2, -0.15) is 5.10 Å². The lowest BCUT2D eigenvalue weighted by molar-refractivity contribution is -0.119. The highest BCUT2D eigenvalue weighted by Gasteiger charge is 2.29. The molecule has 0 radical (unpaired) electrons. The van der Waals surface area contributed by atoms with E-state index in [1.165, 1.54) is 30.9 Å². The van der Waals surface area contributed by atoms with Crippen LogP contribution < -0.4 is 26.0 Å². The number of aryl methyl sites for hydroxylation is 1. The second-order valence-electron chi connectivity index (χ2n) is 15.7. The van der Waals surface area contributed by atoms with Crippen LogP contribution in [0.25, 0.3) is 11.5 Å². The average molecular weight is 807 g/mol. The van der Waals surface area contributed by atoms with Gasteiger partial charge in [-0.25, -0.2) is 18.7 Å². The number of rotatable bonds is 18. The lowest BCUT2D eigenvalue weighted by Gasteiger charge is -2.29. The first-order valence-corrected chi connectivity index (χ1v) is 20.5. The van der Waals surface area contributed by atoms with Crippen molar-refractivity contribution in [1.82, 2.24) is 30.4 Å². The molecule has 13 nitrogen and oxygen atoms in total. The minimum Gasteiger partial charge on any atom is -0.457 e. The number of nitrogens with one attached hydrogen (secondary N) is 4. The van der Waals surface area contributed by atoms with Crippen LogP contribution in [0.1, 0.15) is 108 Å². The normalized spacial score (nSPS) is 17.7. The molecule has 0 bridgehead atoms. The predicted octanol–water partition coefficient (Wildman–Crippen LogP) is 8.28. The molecule has 2 fully saturated rings. The highest BCUT2D eigenvalue weighted by molar-refractivity contribution is 6.11. The van der Waals surface area contributed by atoms with E-state index in [9.17, 15) is 23.2 Å². The number of hydrogen-bond acceptors (Lipinski definition) is 10. The number of oxazole rings is 1. The topological polar surface area (TPSA) is 165 Å². The van der Waals surface area contributed by atoms with Gasteiger partial charge in [0.1, 0.15) is 23.6 Å². The maximum atomic E-state index is 14.1. The summed E-state index contributed by atoms with van der Waals surface area (Å²) in [4.78, 5) is 45.9. The molecule has 1 aliphatic heterocycles. The number of fused-ring (bicyclic) bond motifs is 1. The number of carbonyl (C=O) groups excluding carboxylic acids is 3. The Balaban J connectivity index is 0.734. The molecule has 8 rings (SSSR count). The first-order chi connectivity index (χ1) is 28.8. The number of nitrogens with zero attached hydrogens (tertiary/aromatic N) is 4. The Kier molecular flexibility index (Phi) is 12.4. The highest BCUT2D eigenvalue weighted by Crippen LogP contribution is 2.35. The number of imide groups is 1. The standard InChI is InChI=1S/C44H48F2N8O5/c45-41(46)40-34(50-42(56)35-26-58-44(51-35)31-18-20-48-37(21-31)49-24-29-8-9-29)25-54(53-40)32-14-10-28(11-15-32)23-47-19-3-1-2-5-27-12-16-33(17-13-27)59-36-7-4-6-30-22-38(55)52-43(57)39(30)36/h4,6-7,12-13,16-18,20-21,25-26,28-29,32,41,47H,1-3,5,8-11,14-15,19,22-24H2,(H,48,49)(H,50,56)(H,52,55,57). The molecule has 15 heteroatoms. The molecule has 5 aromatic rings. The monoisotopic (exact) mass is 806 g/mol. The Labute approximate surface area is 340 Å². The van der Waals surface area contributed by atoms with Crippen molar-refractivity contribution < 1.29 is 32.3 Å². The largest absolute Gasteiger partial charge is 0.457 e. The van der Waals surface area contributed by atoms with Crippen LogP contribution in [0.5, 0.6) is 11.5 Å². The third-order valence-electron chi connectivity index (χ3n) is 11.3. The van der Waals surface area contributed by atoms with E-state index >= 15 is 0 Å². The summed E-state index contributed by atoms with van der Waals surface area (Å²) in [6.45, 7) is 2.70. The van der Waals surface area contributed by atoms with E-state index in [0.29, 0.717) is 45.8 Å².